The van der Waals surface area contributed by atoms with Crippen LogP contribution in [0.4, 0.5) is 30.6 Å². The number of methoxy groups -OCH3 is 1. The number of hydrogen-bond donors (Lipinski definition) is 2. The Morgan fingerprint density at radius 1 is 1.21 bits per heavy atom. The molecule has 0 unspecified atom stereocenters. The van der Waals surface area contributed by atoms with Crippen molar-refractivity contribution in [3.63, 3.8) is 0 Å². The summed E-state index contributed by atoms with van der Waals surface area (Å²) >= 11 is 0. The number of carbonyl (C=O) groups excluding carboxylic acids is 1. The molecule has 0 radical (unpaired) electrons. The second-order valence-electron chi connectivity index (χ2n) is 6.60. The van der Waals surface area contributed by atoms with Crippen molar-refractivity contribution in [3.05, 3.63) is 35.5 Å². The van der Waals surface area contributed by atoms with Crippen molar-refractivity contribution in [1.82, 2.24) is 14.9 Å². The molecule has 2 heterocycles. The number of halogens is 3. The first-order valence-electron chi connectivity index (χ1n) is 9.20. The molecule has 1 aromatic carbocycles. The molecule has 1 amide bonds. The van der Waals surface area contributed by atoms with Crippen LogP contribution in [0.25, 0.3) is 0 Å². The highest BCUT2D eigenvalue weighted by molar-refractivity contribution is 5.95. The summed E-state index contributed by atoms with van der Waals surface area (Å²) in [4.78, 5) is 22.1. The Labute approximate surface area is 166 Å². The minimum atomic E-state index is -4.56. The normalized spacial score (nSPS) is 14.4. The van der Waals surface area contributed by atoms with E-state index in [1.807, 2.05) is 4.90 Å². The lowest BCUT2D eigenvalue weighted by Crippen LogP contribution is -2.35. The summed E-state index contributed by atoms with van der Waals surface area (Å²) in [5.41, 5.74) is -0.0388. The van der Waals surface area contributed by atoms with Gasteiger partial charge in [-0.15, -0.1) is 0 Å². The SMILES string of the molecule is CNc1nc(Nc2ccc(C(=O)N3CCCCC3)cc2OC)ncc1C(F)(F)F. The Morgan fingerprint density at radius 2 is 1.93 bits per heavy atom. The van der Waals surface area contributed by atoms with E-state index in [9.17, 15) is 18.0 Å². The molecule has 2 N–H and O–H groups in total. The number of nitrogens with zero attached hydrogens (tertiary/aromatic N) is 3. The molecular formula is C19H22F3N5O2. The number of rotatable bonds is 5. The Bertz CT molecular complexity index is 883. The maximum Gasteiger partial charge on any atom is 0.421 e. The first kappa shape index (κ1) is 20.7. The summed E-state index contributed by atoms with van der Waals surface area (Å²) in [6.07, 6.45) is -0.756. The number of piperidine rings is 1. The van der Waals surface area contributed by atoms with Gasteiger partial charge in [0.05, 0.1) is 12.8 Å². The molecule has 1 aliphatic rings. The van der Waals surface area contributed by atoms with Gasteiger partial charge in [-0.2, -0.15) is 18.2 Å². The predicted octanol–water partition coefficient (Wildman–Crippen LogP) is 3.92. The van der Waals surface area contributed by atoms with Crippen LogP contribution in [0.5, 0.6) is 5.75 Å². The number of nitrogens with one attached hydrogen (secondary N) is 2. The maximum atomic E-state index is 13.0. The van der Waals surface area contributed by atoms with Gasteiger partial charge in [0.1, 0.15) is 17.1 Å². The third kappa shape index (κ3) is 4.69. The number of anilines is 3. The largest absolute Gasteiger partial charge is 0.495 e. The molecule has 0 bridgehead atoms. The molecule has 1 saturated heterocycles. The molecule has 3 rings (SSSR count). The van der Waals surface area contributed by atoms with Gasteiger partial charge in [0.2, 0.25) is 5.95 Å². The van der Waals surface area contributed by atoms with Crippen LogP contribution in [0.3, 0.4) is 0 Å². The van der Waals surface area contributed by atoms with Crippen LogP contribution in [0, 0.1) is 0 Å². The monoisotopic (exact) mass is 409 g/mol. The predicted molar refractivity (Wildman–Crippen MR) is 103 cm³/mol. The molecule has 0 atom stereocenters. The smallest absolute Gasteiger partial charge is 0.421 e. The van der Waals surface area contributed by atoms with E-state index in [2.05, 4.69) is 20.6 Å². The first-order valence-corrected chi connectivity index (χ1v) is 9.20. The first-order chi connectivity index (χ1) is 13.8. The van der Waals surface area contributed by atoms with Gasteiger partial charge in [-0.1, -0.05) is 0 Å². The van der Waals surface area contributed by atoms with Gasteiger partial charge in [0, 0.05) is 31.9 Å². The van der Waals surface area contributed by atoms with Crippen molar-refractivity contribution in [2.45, 2.75) is 25.4 Å². The quantitative estimate of drug-likeness (QED) is 0.780. The van der Waals surface area contributed by atoms with E-state index < -0.39 is 11.7 Å². The lowest BCUT2D eigenvalue weighted by atomic mass is 10.1. The molecule has 0 spiro atoms. The molecule has 0 aliphatic carbocycles. The standard InChI is InChI=1S/C19H22F3N5O2/c1-23-16-13(19(20,21)22)11-24-18(26-16)25-14-7-6-12(10-15(14)29-2)17(28)27-8-4-3-5-9-27/h6-7,10-11H,3-5,8-9H2,1-2H3,(H2,23,24,25,26). The molecule has 1 fully saturated rings. The molecule has 0 saturated carbocycles. The molecule has 29 heavy (non-hydrogen) atoms. The number of likely N-dealkylation sites (tertiary alicyclic amines) is 1. The summed E-state index contributed by atoms with van der Waals surface area (Å²) < 4.78 is 44.3. The average Bonchev–Trinajstić information content (AvgIpc) is 2.73. The van der Waals surface area contributed by atoms with E-state index in [-0.39, 0.29) is 17.7 Å². The number of hydrogen-bond acceptors (Lipinski definition) is 6. The average molecular weight is 409 g/mol. The van der Waals surface area contributed by atoms with E-state index in [0.29, 0.717) is 23.2 Å². The topological polar surface area (TPSA) is 79.4 Å². The zero-order chi connectivity index (χ0) is 21.0. The summed E-state index contributed by atoms with van der Waals surface area (Å²) in [6.45, 7) is 1.46. The number of amides is 1. The van der Waals surface area contributed by atoms with Crippen molar-refractivity contribution in [3.8, 4) is 5.75 Å². The minimum absolute atomic E-state index is 0.0317. The van der Waals surface area contributed by atoms with E-state index in [1.165, 1.54) is 14.2 Å². The zero-order valence-corrected chi connectivity index (χ0v) is 16.1. The molecule has 156 valence electrons. The minimum Gasteiger partial charge on any atom is -0.495 e. The number of benzene rings is 1. The van der Waals surface area contributed by atoms with Crippen LogP contribution in [-0.2, 0) is 6.18 Å². The fraction of sp³-hybridized carbons (Fsp3) is 0.421. The van der Waals surface area contributed by atoms with Crippen molar-refractivity contribution in [2.24, 2.45) is 0 Å². The summed E-state index contributed by atoms with van der Waals surface area (Å²) in [6, 6.07) is 4.86. The van der Waals surface area contributed by atoms with E-state index in [1.54, 1.807) is 18.2 Å². The molecule has 1 aromatic heterocycles. The third-order valence-electron chi connectivity index (χ3n) is 4.67. The summed E-state index contributed by atoms with van der Waals surface area (Å²) in [5, 5.41) is 5.27. The van der Waals surface area contributed by atoms with Crippen LogP contribution in [0.15, 0.2) is 24.4 Å². The van der Waals surface area contributed by atoms with Crippen LogP contribution >= 0.6 is 0 Å². The number of alkyl halides is 3. The van der Waals surface area contributed by atoms with Gasteiger partial charge >= 0.3 is 6.18 Å². The summed E-state index contributed by atoms with van der Waals surface area (Å²) in [5.74, 6) is -0.0817. The second kappa shape index (κ2) is 8.54. The Balaban J connectivity index is 1.83. The zero-order valence-electron chi connectivity index (χ0n) is 16.1. The Kier molecular flexibility index (Phi) is 6.09. The van der Waals surface area contributed by atoms with Gasteiger partial charge in [0.15, 0.2) is 0 Å². The fourth-order valence-corrected chi connectivity index (χ4v) is 3.17. The van der Waals surface area contributed by atoms with E-state index in [0.717, 1.165) is 32.4 Å². The van der Waals surface area contributed by atoms with Gasteiger partial charge in [-0.05, 0) is 37.5 Å². The number of carbonyl (C=O) groups is 1. The fourth-order valence-electron chi connectivity index (χ4n) is 3.17. The van der Waals surface area contributed by atoms with E-state index >= 15 is 0 Å². The maximum absolute atomic E-state index is 13.0. The van der Waals surface area contributed by atoms with Crippen molar-refractivity contribution >= 4 is 23.4 Å². The number of aromatic nitrogens is 2. The molecule has 1 aliphatic heterocycles. The van der Waals surface area contributed by atoms with Crippen molar-refractivity contribution < 1.29 is 22.7 Å². The lowest BCUT2D eigenvalue weighted by Gasteiger charge is -2.27. The molecule has 7 nitrogen and oxygen atoms in total. The molecule has 10 heteroatoms. The van der Waals surface area contributed by atoms with Gasteiger partial charge in [-0.25, -0.2) is 4.98 Å². The van der Waals surface area contributed by atoms with Crippen LogP contribution in [-0.4, -0.2) is 48.0 Å². The van der Waals surface area contributed by atoms with Gasteiger partial charge in [0.25, 0.3) is 5.91 Å². The highest BCUT2D eigenvalue weighted by Crippen LogP contribution is 2.34. The van der Waals surface area contributed by atoms with Gasteiger partial charge in [-0.3, -0.25) is 4.79 Å². The Hall–Kier alpha value is -3.04. The second-order valence-corrected chi connectivity index (χ2v) is 6.60. The highest BCUT2D eigenvalue weighted by atomic mass is 19.4. The molecule has 2 aromatic rings. The van der Waals surface area contributed by atoms with Crippen LogP contribution < -0.4 is 15.4 Å². The van der Waals surface area contributed by atoms with Crippen molar-refractivity contribution in [1.29, 1.82) is 0 Å². The number of ether oxygens (including phenoxy) is 1. The molecular weight excluding hydrogens is 387 g/mol. The van der Waals surface area contributed by atoms with Gasteiger partial charge < -0.3 is 20.3 Å². The van der Waals surface area contributed by atoms with Crippen molar-refractivity contribution in [2.75, 3.05) is 37.9 Å². The third-order valence-corrected chi connectivity index (χ3v) is 4.67. The lowest BCUT2D eigenvalue weighted by molar-refractivity contribution is -0.137. The Morgan fingerprint density at radius 3 is 2.55 bits per heavy atom. The van der Waals surface area contributed by atoms with E-state index in [4.69, 9.17) is 4.74 Å². The van der Waals surface area contributed by atoms with Crippen LogP contribution in [0.1, 0.15) is 35.2 Å². The van der Waals surface area contributed by atoms with Crippen LogP contribution in [0.2, 0.25) is 0 Å². The summed E-state index contributed by atoms with van der Waals surface area (Å²) in [7, 11) is 2.80. The highest BCUT2D eigenvalue weighted by Gasteiger charge is 2.35.